The van der Waals surface area contributed by atoms with Gasteiger partial charge >= 0.3 is 5.97 Å². The molecule has 21 heavy (non-hydrogen) atoms. The van der Waals surface area contributed by atoms with E-state index in [1.54, 1.807) is 6.07 Å². The minimum absolute atomic E-state index is 0.00333. The number of aromatic hydroxyl groups is 1. The van der Waals surface area contributed by atoms with Crippen molar-refractivity contribution in [3.05, 3.63) is 27.7 Å². The Bertz CT molecular complexity index is 578. The Morgan fingerprint density at radius 1 is 1.29 bits per heavy atom. The van der Waals surface area contributed by atoms with Crippen molar-refractivity contribution in [1.29, 1.82) is 0 Å². The number of benzene rings is 1. The number of phenolic OH excluding ortho intramolecular Hbond substituents is 1. The van der Waals surface area contributed by atoms with E-state index in [2.05, 4.69) is 5.32 Å². The van der Waals surface area contributed by atoms with Crippen LogP contribution in [0.2, 0.25) is 10.0 Å². The molecule has 4 nitrogen and oxygen atoms in total. The van der Waals surface area contributed by atoms with Gasteiger partial charge in [0.15, 0.2) is 0 Å². The molecule has 0 spiro atoms. The number of aliphatic carboxylic acids is 1. The summed E-state index contributed by atoms with van der Waals surface area (Å²) in [7, 11) is 0. The molecule has 4 atom stereocenters. The van der Waals surface area contributed by atoms with Gasteiger partial charge in [-0.15, -0.1) is 0 Å². The number of hydrogen-bond donors (Lipinski definition) is 3. The zero-order valence-corrected chi connectivity index (χ0v) is 12.9. The van der Waals surface area contributed by atoms with Gasteiger partial charge in [-0.25, -0.2) is 0 Å². The number of carboxylic acid groups (broad SMARTS) is 1. The highest BCUT2D eigenvalue weighted by molar-refractivity contribution is 6.35. The third-order valence-corrected chi connectivity index (χ3v) is 5.34. The van der Waals surface area contributed by atoms with Crippen LogP contribution in [0.15, 0.2) is 12.1 Å². The molecule has 0 aliphatic heterocycles. The lowest BCUT2D eigenvalue weighted by molar-refractivity contribution is -0.144. The van der Waals surface area contributed by atoms with Gasteiger partial charge in [0.05, 0.1) is 10.9 Å². The van der Waals surface area contributed by atoms with Crippen LogP contribution in [0.4, 0.5) is 0 Å². The van der Waals surface area contributed by atoms with E-state index in [4.69, 9.17) is 23.2 Å². The largest absolute Gasteiger partial charge is 0.506 e. The Hall–Kier alpha value is -0.970. The number of rotatable bonds is 4. The van der Waals surface area contributed by atoms with E-state index < -0.39 is 5.97 Å². The SMILES string of the molecule is O=C(O)C1C2CCC(C2)C1NCc1cc(Cl)cc(Cl)c1O. The summed E-state index contributed by atoms with van der Waals surface area (Å²) in [4.78, 5) is 11.5. The molecule has 0 amide bonds. The smallest absolute Gasteiger partial charge is 0.308 e. The Morgan fingerprint density at radius 2 is 2.00 bits per heavy atom. The normalized spacial score (nSPS) is 30.8. The summed E-state index contributed by atoms with van der Waals surface area (Å²) < 4.78 is 0. The van der Waals surface area contributed by atoms with E-state index in [1.807, 2.05) is 0 Å². The predicted molar refractivity (Wildman–Crippen MR) is 80.7 cm³/mol. The molecule has 0 heterocycles. The molecule has 4 unspecified atom stereocenters. The number of hydrogen-bond acceptors (Lipinski definition) is 3. The highest BCUT2D eigenvalue weighted by Gasteiger charge is 2.50. The Morgan fingerprint density at radius 3 is 2.71 bits per heavy atom. The molecule has 0 aromatic heterocycles. The number of nitrogens with one attached hydrogen (secondary N) is 1. The van der Waals surface area contributed by atoms with Gasteiger partial charge in [0.25, 0.3) is 0 Å². The predicted octanol–water partition coefficient (Wildman–Crippen LogP) is 3.29. The lowest BCUT2D eigenvalue weighted by Crippen LogP contribution is -2.43. The van der Waals surface area contributed by atoms with Crippen LogP contribution in [0.25, 0.3) is 0 Å². The fourth-order valence-corrected chi connectivity index (χ4v) is 4.46. The second-order valence-electron chi connectivity index (χ2n) is 6.00. The molecule has 2 saturated carbocycles. The quantitative estimate of drug-likeness (QED) is 0.792. The second kappa shape index (κ2) is 5.67. The molecular formula is C15H17Cl2NO3. The first kappa shape index (κ1) is 14.9. The Labute approximate surface area is 133 Å². The van der Waals surface area contributed by atoms with Crippen molar-refractivity contribution in [2.45, 2.75) is 31.8 Å². The average molecular weight is 330 g/mol. The number of halogens is 2. The standard InChI is InChI=1S/C15H17Cl2NO3/c16-10-4-9(14(19)11(17)5-10)6-18-13-8-2-1-7(3-8)12(13)15(20)21/h4-5,7-8,12-13,18-19H,1-3,6H2,(H,20,21). The van der Waals surface area contributed by atoms with Crippen LogP contribution in [0, 0.1) is 17.8 Å². The van der Waals surface area contributed by atoms with Gasteiger partial charge in [-0.2, -0.15) is 0 Å². The van der Waals surface area contributed by atoms with Crippen LogP contribution in [-0.4, -0.2) is 22.2 Å². The maximum atomic E-state index is 11.5. The maximum absolute atomic E-state index is 11.5. The van der Waals surface area contributed by atoms with Crippen LogP contribution < -0.4 is 5.32 Å². The van der Waals surface area contributed by atoms with Crippen LogP contribution in [0.1, 0.15) is 24.8 Å². The topological polar surface area (TPSA) is 69.6 Å². The van der Waals surface area contributed by atoms with Gasteiger partial charge in [-0.3, -0.25) is 4.79 Å². The average Bonchev–Trinajstić information content (AvgIpc) is 3.01. The fourth-order valence-electron chi connectivity index (χ4n) is 3.92. The van der Waals surface area contributed by atoms with Crippen molar-refractivity contribution in [3.63, 3.8) is 0 Å². The van der Waals surface area contributed by atoms with Gasteiger partial charge in [-0.1, -0.05) is 23.2 Å². The van der Waals surface area contributed by atoms with E-state index in [9.17, 15) is 15.0 Å². The third-order valence-electron chi connectivity index (χ3n) is 4.84. The molecule has 3 N–H and O–H groups in total. The van der Waals surface area contributed by atoms with Gasteiger partial charge in [0, 0.05) is 23.2 Å². The molecule has 0 saturated heterocycles. The van der Waals surface area contributed by atoms with Gasteiger partial charge in [0.2, 0.25) is 0 Å². The zero-order valence-electron chi connectivity index (χ0n) is 11.4. The molecular weight excluding hydrogens is 313 g/mol. The van der Waals surface area contributed by atoms with Gasteiger partial charge in [-0.05, 0) is 43.2 Å². The number of phenols is 1. The van der Waals surface area contributed by atoms with E-state index in [0.717, 1.165) is 19.3 Å². The Balaban J connectivity index is 1.74. The zero-order chi connectivity index (χ0) is 15.1. The highest BCUT2D eigenvalue weighted by Crippen LogP contribution is 2.48. The summed E-state index contributed by atoms with van der Waals surface area (Å²) in [6.45, 7) is 0.365. The molecule has 114 valence electrons. The lowest BCUT2D eigenvalue weighted by atomic mass is 9.84. The number of fused-ring (bicyclic) bond motifs is 2. The minimum atomic E-state index is -0.729. The van der Waals surface area contributed by atoms with Crippen molar-refractivity contribution in [1.82, 2.24) is 5.32 Å². The van der Waals surface area contributed by atoms with Crippen LogP contribution in [0.5, 0.6) is 5.75 Å². The highest BCUT2D eigenvalue weighted by atomic mass is 35.5. The van der Waals surface area contributed by atoms with E-state index >= 15 is 0 Å². The van der Waals surface area contributed by atoms with Crippen molar-refractivity contribution in [3.8, 4) is 5.75 Å². The van der Waals surface area contributed by atoms with Crippen molar-refractivity contribution in [2.24, 2.45) is 17.8 Å². The van der Waals surface area contributed by atoms with Crippen molar-refractivity contribution >= 4 is 29.2 Å². The summed E-state index contributed by atoms with van der Waals surface area (Å²) in [6, 6.07) is 3.09. The first-order valence-corrected chi connectivity index (χ1v) is 7.86. The lowest BCUT2D eigenvalue weighted by Gasteiger charge is -2.29. The van der Waals surface area contributed by atoms with Crippen molar-refractivity contribution < 1.29 is 15.0 Å². The molecule has 0 radical (unpaired) electrons. The van der Waals surface area contributed by atoms with Gasteiger partial charge < -0.3 is 15.5 Å². The van der Waals surface area contributed by atoms with Gasteiger partial charge in [0.1, 0.15) is 5.75 Å². The third kappa shape index (κ3) is 2.72. The van der Waals surface area contributed by atoms with E-state index in [-0.39, 0.29) is 28.6 Å². The summed E-state index contributed by atoms with van der Waals surface area (Å²) in [5.74, 6) is -0.369. The number of carboxylic acids is 1. The molecule has 6 heteroatoms. The summed E-state index contributed by atoms with van der Waals surface area (Å²) in [6.07, 6.45) is 3.07. The first-order valence-electron chi connectivity index (χ1n) is 7.10. The minimum Gasteiger partial charge on any atom is -0.506 e. The second-order valence-corrected chi connectivity index (χ2v) is 6.84. The first-order chi connectivity index (χ1) is 9.97. The van der Waals surface area contributed by atoms with Crippen LogP contribution in [0.3, 0.4) is 0 Å². The maximum Gasteiger partial charge on any atom is 0.308 e. The summed E-state index contributed by atoms with van der Waals surface area (Å²) >= 11 is 11.8. The summed E-state index contributed by atoms with van der Waals surface area (Å²) in [5, 5.41) is 23.3. The molecule has 3 rings (SSSR count). The molecule has 2 aliphatic carbocycles. The molecule has 2 aliphatic rings. The molecule has 1 aromatic carbocycles. The fraction of sp³-hybridized carbons (Fsp3) is 0.533. The molecule has 1 aromatic rings. The molecule has 2 bridgehead atoms. The van der Waals surface area contributed by atoms with E-state index in [0.29, 0.717) is 23.0 Å². The van der Waals surface area contributed by atoms with Crippen molar-refractivity contribution in [2.75, 3.05) is 0 Å². The summed E-state index contributed by atoms with van der Waals surface area (Å²) in [5.41, 5.74) is 0.597. The molecule has 2 fully saturated rings. The van der Waals surface area contributed by atoms with Crippen LogP contribution in [-0.2, 0) is 11.3 Å². The number of carbonyl (C=O) groups is 1. The van der Waals surface area contributed by atoms with Crippen LogP contribution >= 0.6 is 23.2 Å². The monoisotopic (exact) mass is 329 g/mol. The Kier molecular flexibility index (Phi) is 4.04. The van der Waals surface area contributed by atoms with E-state index in [1.165, 1.54) is 6.07 Å².